The molecule has 3 rings (SSSR count). The number of carboxylic acids is 1. The van der Waals surface area contributed by atoms with Gasteiger partial charge in [-0.05, 0) is 30.9 Å². The lowest BCUT2D eigenvalue weighted by atomic mass is 9.83. The Morgan fingerprint density at radius 1 is 1.30 bits per heavy atom. The number of aromatic nitrogens is 1. The van der Waals surface area contributed by atoms with Crippen molar-refractivity contribution in [1.82, 2.24) is 4.98 Å². The van der Waals surface area contributed by atoms with Crippen molar-refractivity contribution in [3.8, 4) is 11.8 Å². The van der Waals surface area contributed by atoms with Gasteiger partial charge in [-0.1, -0.05) is 24.5 Å². The summed E-state index contributed by atoms with van der Waals surface area (Å²) in [5, 5.41) is 11.9. The molecule has 0 bridgehead atoms. The third-order valence-corrected chi connectivity index (χ3v) is 4.28. The number of carboxylic acid groups (broad SMARTS) is 1. The number of nitrogens with zero attached hydrogens (tertiary/aromatic N) is 1. The quantitative estimate of drug-likeness (QED) is 0.858. The van der Waals surface area contributed by atoms with Crippen LogP contribution < -0.4 is 0 Å². The van der Waals surface area contributed by atoms with E-state index in [0.717, 1.165) is 10.7 Å². The topological polar surface area (TPSA) is 50.2 Å². The molecule has 0 aliphatic heterocycles. The molecule has 2 aromatic rings. The first-order valence-corrected chi connectivity index (χ1v) is 7.42. The van der Waals surface area contributed by atoms with Gasteiger partial charge in [0, 0.05) is 16.9 Å². The minimum atomic E-state index is -0.954. The van der Waals surface area contributed by atoms with Crippen LogP contribution in [0.15, 0.2) is 29.6 Å². The number of hydrogen-bond acceptors (Lipinski definition) is 3. The number of hydrogen-bond donors (Lipinski definition) is 1. The highest BCUT2D eigenvalue weighted by Gasteiger charge is 2.21. The van der Waals surface area contributed by atoms with Crippen molar-refractivity contribution >= 4 is 17.3 Å². The molecule has 0 saturated heterocycles. The van der Waals surface area contributed by atoms with Gasteiger partial charge < -0.3 is 5.11 Å². The molecule has 1 saturated carbocycles. The molecule has 1 N–H and O–H groups in total. The largest absolute Gasteiger partial charge is 0.478 e. The molecule has 0 amide bonds. The Balaban J connectivity index is 1.84. The number of thiazole rings is 1. The van der Waals surface area contributed by atoms with Crippen LogP contribution in [-0.4, -0.2) is 16.1 Å². The standard InChI is InChI=1S/C16H13NO2S/c18-16(19)13-7-2-1-4-11(13)8-9-15-17-14(10-20-15)12-5-3-6-12/h1-2,4,7,10,12H,3,5-6H2,(H,18,19). The van der Waals surface area contributed by atoms with E-state index in [-0.39, 0.29) is 5.56 Å². The summed E-state index contributed by atoms with van der Waals surface area (Å²) in [5.41, 5.74) is 1.90. The summed E-state index contributed by atoms with van der Waals surface area (Å²) in [5.74, 6) is 5.54. The molecule has 1 aliphatic rings. The molecule has 0 atom stereocenters. The summed E-state index contributed by atoms with van der Waals surface area (Å²) in [6.07, 6.45) is 3.73. The zero-order chi connectivity index (χ0) is 13.9. The van der Waals surface area contributed by atoms with Crippen molar-refractivity contribution in [1.29, 1.82) is 0 Å². The van der Waals surface area contributed by atoms with Crippen LogP contribution in [0.25, 0.3) is 0 Å². The molecule has 100 valence electrons. The zero-order valence-electron chi connectivity index (χ0n) is 10.8. The molecule has 0 spiro atoms. The molecule has 1 aliphatic carbocycles. The molecular weight excluding hydrogens is 270 g/mol. The lowest BCUT2D eigenvalue weighted by Crippen LogP contribution is -2.08. The lowest BCUT2D eigenvalue weighted by Gasteiger charge is -2.22. The first-order chi connectivity index (χ1) is 9.74. The predicted molar refractivity (Wildman–Crippen MR) is 78.1 cm³/mol. The van der Waals surface area contributed by atoms with Crippen LogP contribution in [0.5, 0.6) is 0 Å². The second kappa shape index (κ2) is 5.48. The molecule has 0 radical (unpaired) electrons. The average Bonchev–Trinajstić information content (AvgIpc) is 2.83. The van der Waals surface area contributed by atoms with Crippen molar-refractivity contribution in [2.45, 2.75) is 25.2 Å². The Bertz CT molecular complexity index is 705. The van der Waals surface area contributed by atoms with Crippen LogP contribution in [0.3, 0.4) is 0 Å². The van der Waals surface area contributed by atoms with E-state index in [9.17, 15) is 4.79 Å². The maximum atomic E-state index is 11.1. The summed E-state index contributed by atoms with van der Waals surface area (Å²) in [6, 6.07) is 6.77. The van der Waals surface area contributed by atoms with Crippen LogP contribution in [0, 0.1) is 11.8 Å². The molecule has 4 heteroatoms. The van der Waals surface area contributed by atoms with Crippen molar-refractivity contribution in [3.63, 3.8) is 0 Å². The van der Waals surface area contributed by atoms with Gasteiger partial charge in [0.1, 0.15) is 0 Å². The van der Waals surface area contributed by atoms with E-state index in [2.05, 4.69) is 22.2 Å². The second-order valence-corrected chi connectivity index (χ2v) is 5.66. The number of rotatable bonds is 2. The minimum Gasteiger partial charge on any atom is -0.478 e. The van der Waals surface area contributed by atoms with E-state index in [0.29, 0.717) is 11.5 Å². The molecule has 1 fully saturated rings. The Hall–Kier alpha value is -2.12. The van der Waals surface area contributed by atoms with E-state index in [4.69, 9.17) is 5.11 Å². The SMILES string of the molecule is O=C(O)c1ccccc1C#Cc1nc(C2CCC2)cs1. The van der Waals surface area contributed by atoms with Gasteiger partial charge in [0.25, 0.3) is 0 Å². The Morgan fingerprint density at radius 3 is 2.80 bits per heavy atom. The van der Waals surface area contributed by atoms with Crippen LogP contribution in [0.2, 0.25) is 0 Å². The third kappa shape index (κ3) is 2.59. The number of aromatic carboxylic acids is 1. The summed E-state index contributed by atoms with van der Waals surface area (Å²) in [4.78, 5) is 15.6. The van der Waals surface area contributed by atoms with Crippen LogP contribution in [0.4, 0.5) is 0 Å². The van der Waals surface area contributed by atoms with Crippen molar-refractivity contribution < 1.29 is 9.90 Å². The monoisotopic (exact) mass is 283 g/mol. The fourth-order valence-electron chi connectivity index (χ4n) is 2.13. The molecule has 1 heterocycles. The first kappa shape index (κ1) is 12.9. The van der Waals surface area contributed by atoms with Gasteiger partial charge in [-0.2, -0.15) is 0 Å². The molecule has 0 unspecified atom stereocenters. The van der Waals surface area contributed by atoms with E-state index >= 15 is 0 Å². The Labute approximate surface area is 121 Å². The summed E-state index contributed by atoms with van der Waals surface area (Å²) < 4.78 is 0. The maximum Gasteiger partial charge on any atom is 0.336 e. The molecule has 1 aromatic carbocycles. The molecule has 1 aromatic heterocycles. The fraction of sp³-hybridized carbons (Fsp3) is 0.250. The molecular formula is C16H13NO2S. The normalized spacial score (nSPS) is 14.2. The fourth-order valence-corrected chi connectivity index (χ4v) is 2.88. The van der Waals surface area contributed by atoms with Crippen LogP contribution in [-0.2, 0) is 0 Å². The van der Waals surface area contributed by atoms with Gasteiger partial charge in [0.15, 0.2) is 5.01 Å². The van der Waals surface area contributed by atoms with Crippen molar-refractivity contribution in [3.05, 3.63) is 51.5 Å². The average molecular weight is 283 g/mol. The van der Waals surface area contributed by atoms with Gasteiger partial charge in [0.2, 0.25) is 0 Å². The predicted octanol–water partition coefficient (Wildman–Crippen LogP) is 3.51. The van der Waals surface area contributed by atoms with Crippen LogP contribution >= 0.6 is 11.3 Å². The smallest absolute Gasteiger partial charge is 0.336 e. The van der Waals surface area contributed by atoms with Gasteiger partial charge in [-0.25, -0.2) is 9.78 Å². The van der Waals surface area contributed by atoms with Gasteiger partial charge in [0.05, 0.1) is 11.3 Å². The van der Waals surface area contributed by atoms with Gasteiger partial charge in [-0.3, -0.25) is 0 Å². The number of benzene rings is 1. The highest BCUT2D eigenvalue weighted by Crippen LogP contribution is 2.36. The van der Waals surface area contributed by atoms with Gasteiger partial charge >= 0.3 is 5.97 Å². The maximum absolute atomic E-state index is 11.1. The second-order valence-electron chi connectivity index (χ2n) is 4.81. The minimum absolute atomic E-state index is 0.232. The zero-order valence-corrected chi connectivity index (χ0v) is 11.6. The number of carbonyl (C=O) groups is 1. The third-order valence-electron chi connectivity index (χ3n) is 3.51. The van der Waals surface area contributed by atoms with E-state index < -0.39 is 5.97 Å². The van der Waals surface area contributed by atoms with E-state index in [1.165, 1.54) is 30.6 Å². The Morgan fingerprint density at radius 2 is 2.10 bits per heavy atom. The highest BCUT2D eigenvalue weighted by molar-refractivity contribution is 7.10. The molecule has 3 nitrogen and oxygen atoms in total. The van der Waals surface area contributed by atoms with E-state index in [1.807, 2.05) is 0 Å². The van der Waals surface area contributed by atoms with Crippen molar-refractivity contribution in [2.24, 2.45) is 0 Å². The summed E-state index contributed by atoms with van der Waals surface area (Å²) in [6.45, 7) is 0. The summed E-state index contributed by atoms with van der Waals surface area (Å²) in [7, 11) is 0. The molecule has 20 heavy (non-hydrogen) atoms. The Kier molecular flexibility index (Phi) is 3.53. The van der Waals surface area contributed by atoms with E-state index in [1.54, 1.807) is 24.3 Å². The van der Waals surface area contributed by atoms with Crippen LogP contribution in [0.1, 0.15) is 51.8 Å². The highest BCUT2D eigenvalue weighted by atomic mass is 32.1. The first-order valence-electron chi connectivity index (χ1n) is 6.54. The van der Waals surface area contributed by atoms with Gasteiger partial charge in [-0.15, -0.1) is 11.3 Å². The lowest BCUT2D eigenvalue weighted by molar-refractivity contribution is 0.0696. The summed E-state index contributed by atoms with van der Waals surface area (Å²) >= 11 is 1.53. The van der Waals surface area contributed by atoms with Crippen molar-refractivity contribution in [2.75, 3.05) is 0 Å².